The molecular weight excluding hydrogens is 210 g/mol. The quantitative estimate of drug-likeness (QED) is 0.661. The second-order valence-corrected chi connectivity index (χ2v) is 5.95. The molecular formula is C8H18ClNO2S. The van der Waals surface area contributed by atoms with Crippen molar-refractivity contribution < 1.29 is 8.42 Å². The summed E-state index contributed by atoms with van der Waals surface area (Å²) >= 11 is 5.53. The molecule has 0 fully saturated rings. The molecule has 0 spiro atoms. The van der Waals surface area contributed by atoms with Crippen molar-refractivity contribution in [2.24, 2.45) is 0 Å². The maximum Gasteiger partial charge on any atom is 0.148 e. The Balaban J connectivity index is 3.42. The standard InChI is InChI=1S/C8H18ClNO2S/c1-8(4-3-5-9)10-6-7-13(2,11)12/h8,10H,3-7H2,1-2H3. The van der Waals surface area contributed by atoms with Gasteiger partial charge in [0, 0.05) is 24.7 Å². The Kier molecular flexibility index (Phi) is 6.73. The van der Waals surface area contributed by atoms with E-state index in [0.29, 0.717) is 18.5 Å². The molecule has 0 heterocycles. The molecule has 1 unspecified atom stereocenters. The molecule has 0 rings (SSSR count). The van der Waals surface area contributed by atoms with Crippen LogP contribution >= 0.6 is 11.6 Å². The topological polar surface area (TPSA) is 46.2 Å². The van der Waals surface area contributed by atoms with Crippen LogP contribution in [-0.2, 0) is 9.84 Å². The van der Waals surface area contributed by atoms with E-state index in [1.807, 2.05) is 6.92 Å². The summed E-state index contributed by atoms with van der Waals surface area (Å²) in [6.07, 6.45) is 3.21. The highest BCUT2D eigenvalue weighted by atomic mass is 35.5. The van der Waals surface area contributed by atoms with Gasteiger partial charge in [-0.05, 0) is 19.8 Å². The van der Waals surface area contributed by atoms with Gasteiger partial charge in [-0.15, -0.1) is 11.6 Å². The highest BCUT2D eigenvalue weighted by molar-refractivity contribution is 7.90. The molecule has 3 nitrogen and oxygen atoms in total. The lowest BCUT2D eigenvalue weighted by atomic mass is 10.2. The van der Waals surface area contributed by atoms with Crippen molar-refractivity contribution in [2.75, 3.05) is 24.4 Å². The van der Waals surface area contributed by atoms with Crippen LogP contribution in [0.3, 0.4) is 0 Å². The average molecular weight is 228 g/mol. The Bertz CT molecular complexity index is 216. The fourth-order valence-corrected chi connectivity index (χ4v) is 1.62. The van der Waals surface area contributed by atoms with E-state index >= 15 is 0 Å². The van der Waals surface area contributed by atoms with Gasteiger partial charge in [0.25, 0.3) is 0 Å². The van der Waals surface area contributed by atoms with Crippen molar-refractivity contribution in [1.29, 1.82) is 0 Å². The molecule has 0 saturated heterocycles. The predicted molar refractivity (Wildman–Crippen MR) is 57.1 cm³/mol. The van der Waals surface area contributed by atoms with Gasteiger partial charge in [0.15, 0.2) is 0 Å². The highest BCUT2D eigenvalue weighted by Crippen LogP contribution is 1.97. The van der Waals surface area contributed by atoms with E-state index < -0.39 is 9.84 Å². The Labute approximate surface area is 85.8 Å². The Morgan fingerprint density at radius 2 is 2.08 bits per heavy atom. The molecule has 1 N–H and O–H groups in total. The molecule has 1 atom stereocenters. The van der Waals surface area contributed by atoms with Crippen molar-refractivity contribution >= 4 is 21.4 Å². The Hall–Kier alpha value is 0.200. The number of alkyl halides is 1. The maximum atomic E-state index is 10.8. The number of halogens is 1. The highest BCUT2D eigenvalue weighted by Gasteiger charge is 2.04. The second-order valence-electron chi connectivity index (χ2n) is 3.32. The molecule has 0 aliphatic rings. The summed E-state index contributed by atoms with van der Waals surface area (Å²) in [5.74, 6) is 0.871. The summed E-state index contributed by atoms with van der Waals surface area (Å²) in [4.78, 5) is 0. The van der Waals surface area contributed by atoms with Crippen LogP contribution in [0, 0.1) is 0 Å². The van der Waals surface area contributed by atoms with Crippen LogP contribution in [0.2, 0.25) is 0 Å². The van der Waals surface area contributed by atoms with E-state index in [4.69, 9.17) is 11.6 Å². The van der Waals surface area contributed by atoms with E-state index in [-0.39, 0.29) is 5.75 Å². The number of hydrogen-bond acceptors (Lipinski definition) is 3. The summed E-state index contributed by atoms with van der Waals surface area (Å²) in [7, 11) is -2.83. The Morgan fingerprint density at radius 3 is 2.54 bits per heavy atom. The van der Waals surface area contributed by atoms with E-state index in [1.54, 1.807) is 0 Å². The smallest absolute Gasteiger partial charge is 0.148 e. The number of hydrogen-bond donors (Lipinski definition) is 1. The first-order valence-electron chi connectivity index (χ1n) is 4.43. The van der Waals surface area contributed by atoms with Crippen LogP contribution in [0.15, 0.2) is 0 Å². The van der Waals surface area contributed by atoms with Gasteiger partial charge in [0.1, 0.15) is 9.84 Å². The minimum absolute atomic E-state index is 0.207. The van der Waals surface area contributed by atoms with Crippen LogP contribution in [0.5, 0.6) is 0 Å². The molecule has 0 aromatic rings. The van der Waals surface area contributed by atoms with Crippen molar-refractivity contribution in [2.45, 2.75) is 25.8 Å². The van der Waals surface area contributed by atoms with Crippen LogP contribution in [0.1, 0.15) is 19.8 Å². The van der Waals surface area contributed by atoms with Crippen molar-refractivity contribution in [3.8, 4) is 0 Å². The van der Waals surface area contributed by atoms with Crippen LogP contribution < -0.4 is 5.32 Å². The molecule has 0 saturated carbocycles. The largest absolute Gasteiger partial charge is 0.313 e. The summed E-state index contributed by atoms with van der Waals surface area (Å²) in [5, 5.41) is 3.14. The molecule has 0 aliphatic carbocycles. The first kappa shape index (κ1) is 13.2. The molecule has 0 radical (unpaired) electrons. The van der Waals surface area contributed by atoms with Gasteiger partial charge >= 0.3 is 0 Å². The van der Waals surface area contributed by atoms with E-state index in [9.17, 15) is 8.42 Å². The fraction of sp³-hybridized carbons (Fsp3) is 1.00. The van der Waals surface area contributed by atoms with Gasteiger partial charge in [-0.1, -0.05) is 0 Å². The lowest BCUT2D eigenvalue weighted by Gasteiger charge is -2.11. The molecule has 0 aliphatic heterocycles. The average Bonchev–Trinajstić information content (AvgIpc) is 1.98. The third-order valence-corrected chi connectivity index (χ3v) is 2.95. The Morgan fingerprint density at radius 1 is 1.46 bits per heavy atom. The van der Waals surface area contributed by atoms with Gasteiger partial charge in [-0.2, -0.15) is 0 Å². The molecule has 0 aromatic carbocycles. The molecule has 0 bridgehead atoms. The van der Waals surface area contributed by atoms with Gasteiger partial charge in [-0.25, -0.2) is 8.42 Å². The van der Waals surface area contributed by atoms with E-state index in [0.717, 1.165) is 12.8 Å². The van der Waals surface area contributed by atoms with E-state index in [1.165, 1.54) is 6.26 Å². The lowest BCUT2D eigenvalue weighted by molar-refractivity contribution is 0.522. The van der Waals surface area contributed by atoms with Crippen LogP contribution in [0.25, 0.3) is 0 Å². The zero-order valence-electron chi connectivity index (χ0n) is 8.22. The third kappa shape index (κ3) is 10.1. The fourth-order valence-electron chi connectivity index (χ4n) is 0.976. The first-order valence-corrected chi connectivity index (χ1v) is 7.02. The zero-order valence-corrected chi connectivity index (χ0v) is 9.79. The van der Waals surface area contributed by atoms with Gasteiger partial charge in [-0.3, -0.25) is 0 Å². The molecule has 0 amide bonds. The number of nitrogens with one attached hydrogen (secondary N) is 1. The summed E-state index contributed by atoms with van der Waals surface area (Å²) in [6.45, 7) is 2.57. The zero-order chi connectivity index (χ0) is 10.3. The third-order valence-electron chi connectivity index (χ3n) is 1.74. The van der Waals surface area contributed by atoms with Crippen molar-refractivity contribution in [1.82, 2.24) is 5.32 Å². The van der Waals surface area contributed by atoms with Gasteiger partial charge in [0.05, 0.1) is 5.75 Å². The maximum absolute atomic E-state index is 10.8. The summed E-state index contributed by atoms with van der Waals surface area (Å²) in [5.41, 5.74) is 0. The molecule has 0 aromatic heterocycles. The number of sulfone groups is 1. The predicted octanol–water partition coefficient (Wildman–Crippen LogP) is 1.03. The van der Waals surface area contributed by atoms with Gasteiger partial charge < -0.3 is 5.32 Å². The first-order chi connectivity index (χ1) is 5.95. The minimum Gasteiger partial charge on any atom is -0.313 e. The summed E-state index contributed by atoms with van der Waals surface area (Å²) < 4.78 is 21.5. The van der Waals surface area contributed by atoms with Crippen molar-refractivity contribution in [3.63, 3.8) is 0 Å². The van der Waals surface area contributed by atoms with Gasteiger partial charge in [0.2, 0.25) is 0 Å². The normalized spacial score (nSPS) is 14.4. The molecule has 80 valence electrons. The molecule has 5 heteroatoms. The molecule has 13 heavy (non-hydrogen) atoms. The van der Waals surface area contributed by atoms with Crippen LogP contribution in [-0.4, -0.2) is 38.9 Å². The second kappa shape index (κ2) is 6.62. The number of rotatable bonds is 7. The lowest BCUT2D eigenvalue weighted by Crippen LogP contribution is -2.30. The van der Waals surface area contributed by atoms with Crippen LogP contribution in [0.4, 0.5) is 0 Å². The SMILES string of the molecule is CC(CCCCl)NCCS(C)(=O)=O. The monoisotopic (exact) mass is 227 g/mol. The minimum atomic E-state index is -2.83. The van der Waals surface area contributed by atoms with Crippen molar-refractivity contribution in [3.05, 3.63) is 0 Å². The van der Waals surface area contributed by atoms with E-state index in [2.05, 4.69) is 5.32 Å². The summed E-state index contributed by atoms with van der Waals surface area (Å²) in [6, 6.07) is 0.348.